The van der Waals surface area contributed by atoms with Gasteiger partial charge in [-0.1, -0.05) is 77.2 Å². The second-order valence-electron chi connectivity index (χ2n) is 8.05. The first-order chi connectivity index (χ1) is 11.9. The van der Waals surface area contributed by atoms with Crippen molar-refractivity contribution in [1.29, 1.82) is 0 Å². The summed E-state index contributed by atoms with van der Waals surface area (Å²) in [7, 11) is 0. The van der Waals surface area contributed by atoms with Gasteiger partial charge in [0.2, 0.25) is 0 Å². The third-order valence-corrected chi connectivity index (χ3v) is 4.21. The van der Waals surface area contributed by atoms with Crippen LogP contribution in [0.3, 0.4) is 0 Å². The van der Waals surface area contributed by atoms with Gasteiger partial charge in [-0.2, -0.15) is 0 Å². The highest BCUT2D eigenvalue weighted by Gasteiger charge is 2.20. The highest BCUT2D eigenvalue weighted by Crippen LogP contribution is 2.16. The standard InChI is InChI=1S/C22H42O3/c1-6-8-9-10-11-12-13-14-15-16-17-19-20(18-7-2)24-21(23)25-22(3,4)5/h7,20H,2,6,8-19H2,1,3-5H3/t20-/m0/s1. The fourth-order valence-corrected chi connectivity index (χ4v) is 2.86. The molecular weight excluding hydrogens is 312 g/mol. The van der Waals surface area contributed by atoms with Crippen molar-refractivity contribution < 1.29 is 14.3 Å². The lowest BCUT2D eigenvalue weighted by Gasteiger charge is -2.22. The van der Waals surface area contributed by atoms with Crippen molar-refractivity contribution in [3.63, 3.8) is 0 Å². The number of carbonyl (C=O) groups excluding carboxylic acids is 1. The molecule has 0 aliphatic rings. The third-order valence-electron chi connectivity index (χ3n) is 4.21. The van der Waals surface area contributed by atoms with Crippen LogP contribution >= 0.6 is 0 Å². The summed E-state index contributed by atoms with van der Waals surface area (Å²) in [6, 6.07) is 0. The Bertz CT molecular complexity index is 331. The van der Waals surface area contributed by atoms with Crippen LogP contribution in [0.2, 0.25) is 0 Å². The van der Waals surface area contributed by atoms with Gasteiger partial charge in [-0.25, -0.2) is 4.79 Å². The molecule has 0 amide bonds. The molecule has 0 heterocycles. The van der Waals surface area contributed by atoms with E-state index < -0.39 is 11.8 Å². The molecule has 0 saturated heterocycles. The predicted octanol–water partition coefficient (Wildman–Crippen LogP) is 7.58. The summed E-state index contributed by atoms with van der Waals surface area (Å²) in [6.45, 7) is 11.6. The van der Waals surface area contributed by atoms with Gasteiger partial charge in [0.25, 0.3) is 0 Å². The first-order valence-corrected chi connectivity index (χ1v) is 10.4. The molecule has 0 unspecified atom stereocenters. The molecule has 0 rings (SSSR count). The maximum atomic E-state index is 11.8. The molecule has 3 nitrogen and oxygen atoms in total. The van der Waals surface area contributed by atoms with Gasteiger partial charge < -0.3 is 9.47 Å². The molecule has 3 heteroatoms. The van der Waals surface area contributed by atoms with E-state index in [1.165, 1.54) is 64.2 Å². The minimum atomic E-state index is -0.567. The van der Waals surface area contributed by atoms with Crippen LogP contribution in [0.5, 0.6) is 0 Å². The molecule has 0 aromatic rings. The van der Waals surface area contributed by atoms with E-state index in [-0.39, 0.29) is 6.10 Å². The molecule has 0 fully saturated rings. The molecule has 0 aromatic heterocycles. The van der Waals surface area contributed by atoms with Gasteiger partial charge in [-0.3, -0.25) is 0 Å². The van der Waals surface area contributed by atoms with Crippen LogP contribution in [0.4, 0.5) is 4.79 Å². The van der Waals surface area contributed by atoms with Crippen molar-refractivity contribution in [3.8, 4) is 0 Å². The monoisotopic (exact) mass is 354 g/mol. The van der Waals surface area contributed by atoms with Gasteiger partial charge in [0.05, 0.1) is 0 Å². The lowest BCUT2D eigenvalue weighted by Crippen LogP contribution is -2.27. The Hall–Kier alpha value is -0.990. The Labute approximate surface area is 156 Å². The largest absolute Gasteiger partial charge is 0.509 e. The average Bonchev–Trinajstić information content (AvgIpc) is 2.50. The molecule has 148 valence electrons. The summed E-state index contributed by atoms with van der Waals surface area (Å²) in [5, 5.41) is 0. The van der Waals surface area contributed by atoms with Crippen molar-refractivity contribution in [3.05, 3.63) is 12.7 Å². The Kier molecular flexibility index (Phi) is 14.7. The maximum absolute atomic E-state index is 11.8. The second kappa shape index (κ2) is 15.3. The van der Waals surface area contributed by atoms with Gasteiger partial charge in [0.1, 0.15) is 11.7 Å². The summed E-state index contributed by atoms with van der Waals surface area (Å²) in [6.07, 6.45) is 17.3. The Morgan fingerprint density at radius 3 is 1.84 bits per heavy atom. The minimum Gasteiger partial charge on any atom is -0.431 e. The molecule has 0 N–H and O–H groups in total. The number of ether oxygens (including phenoxy) is 2. The number of hydrogen-bond acceptors (Lipinski definition) is 3. The maximum Gasteiger partial charge on any atom is 0.509 e. The smallest absolute Gasteiger partial charge is 0.431 e. The SMILES string of the molecule is C=CC[C@@H](CCCCCCCCCCCCC)OC(=O)OC(C)(C)C. The van der Waals surface area contributed by atoms with Crippen molar-refractivity contribution in [2.75, 3.05) is 0 Å². The first kappa shape index (κ1) is 24.0. The lowest BCUT2D eigenvalue weighted by atomic mass is 10.0. The van der Waals surface area contributed by atoms with Gasteiger partial charge in [0, 0.05) is 6.42 Å². The number of hydrogen-bond donors (Lipinski definition) is 0. The molecule has 0 aromatic carbocycles. The van der Waals surface area contributed by atoms with E-state index in [9.17, 15) is 4.79 Å². The van der Waals surface area contributed by atoms with Crippen molar-refractivity contribution in [1.82, 2.24) is 0 Å². The van der Waals surface area contributed by atoms with E-state index in [0.717, 1.165) is 12.8 Å². The fourth-order valence-electron chi connectivity index (χ4n) is 2.86. The molecule has 0 aliphatic carbocycles. The minimum absolute atomic E-state index is 0.106. The van der Waals surface area contributed by atoms with Crippen molar-refractivity contribution >= 4 is 6.16 Å². The van der Waals surface area contributed by atoms with E-state index in [1.54, 1.807) is 0 Å². The molecular formula is C22H42O3. The zero-order chi connectivity index (χ0) is 19.0. The molecule has 0 spiro atoms. The van der Waals surface area contributed by atoms with Crippen LogP contribution in [0.1, 0.15) is 111 Å². The zero-order valence-electron chi connectivity index (χ0n) is 17.3. The van der Waals surface area contributed by atoms with Crippen LogP contribution < -0.4 is 0 Å². The van der Waals surface area contributed by atoms with Crippen LogP contribution in [0, 0.1) is 0 Å². The molecule has 1 atom stereocenters. The molecule has 0 aliphatic heterocycles. The van der Waals surface area contributed by atoms with Crippen LogP contribution in [-0.4, -0.2) is 17.9 Å². The Morgan fingerprint density at radius 1 is 0.920 bits per heavy atom. The van der Waals surface area contributed by atoms with Crippen LogP contribution in [0.15, 0.2) is 12.7 Å². The fraction of sp³-hybridized carbons (Fsp3) is 0.864. The third kappa shape index (κ3) is 17.6. The van der Waals surface area contributed by atoms with Crippen LogP contribution in [0.25, 0.3) is 0 Å². The van der Waals surface area contributed by atoms with Gasteiger partial charge in [-0.15, -0.1) is 6.58 Å². The lowest BCUT2D eigenvalue weighted by molar-refractivity contribution is -0.0280. The van der Waals surface area contributed by atoms with Gasteiger partial charge in [-0.05, 0) is 33.6 Å². The molecule has 0 saturated carbocycles. The highest BCUT2D eigenvalue weighted by atomic mass is 16.7. The summed E-state index contributed by atoms with van der Waals surface area (Å²) in [5.41, 5.74) is -0.508. The van der Waals surface area contributed by atoms with E-state index in [4.69, 9.17) is 9.47 Å². The summed E-state index contributed by atoms with van der Waals surface area (Å²) in [4.78, 5) is 11.8. The van der Waals surface area contributed by atoms with E-state index in [2.05, 4.69) is 13.5 Å². The molecule has 0 radical (unpaired) electrons. The highest BCUT2D eigenvalue weighted by molar-refractivity contribution is 5.60. The predicted molar refractivity (Wildman–Crippen MR) is 107 cm³/mol. The number of carbonyl (C=O) groups is 1. The number of rotatable bonds is 15. The quantitative estimate of drug-likeness (QED) is 0.173. The number of unbranched alkanes of at least 4 members (excludes halogenated alkanes) is 10. The van der Waals surface area contributed by atoms with E-state index in [1.807, 2.05) is 26.8 Å². The summed E-state index contributed by atoms with van der Waals surface area (Å²) >= 11 is 0. The van der Waals surface area contributed by atoms with Crippen molar-refractivity contribution in [2.45, 2.75) is 123 Å². The first-order valence-electron chi connectivity index (χ1n) is 10.4. The zero-order valence-corrected chi connectivity index (χ0v) is 17.3. The van der Waals surface area contributed by atoms with Gasteiger partial charge in [0.15, 0.2) is 0 Å². The molecule has 0 bridgehead atoms. The Balaban J connectivity index is 3.66. The molecule has 25 heavy (non-hydrogen) atoms. The van der Waals surface area contributed by atoms with E-state index in [0.29, 0.717) is 6.42 Å². The summed E-state index contributed by atoms with van der Waals surface area (Å²) < 4.78 is 10.7. The van der Waals surface area contributed by atoms with Crippen LogP contribution in [-0.2, 0) is 9.47 Å². The van der Waals surface area contributed by atoms with Gasteiger partial charge >= 0.3 is 6.16 Å². The topological polar surface area (TPSA) is 35.5 Å². The summed E-state index contributed by atoms with van der Waals surface area (Å²) in [5.74, 6) is 0. The normalized spacial score (nSPS) is 12.6. The van der Waals surface area contributed by atoms with Crippen molar-refractivity contribution in [2.24, 2.45) is 0 Å². The Morgan fingerprint density at radius 2 is 1.40 bits per heavy atom. The second-order valence-corrected chi connectivity index (χ2v) is 8.05. The average molecular weight is 355 g/mol. The van der Waals surface area contributed by atoms with E-state index >= 15 is 0 Å².